The van der Waals surface area contributed by atoms with Gasteiger partial charge in [0.25, 0.3) is 0 Å². The molecular formula is C15H14BrClN2. The first-order valence-corrected chi connectivity index (χ1v) is 7.57. The molecule has 0 saturated heterocycles. The Morgan fingerprint density at radius 2 is 2.16 bits per heavy atom. The largest absolute Gasteiger partial charge is 0.376 e. The number of rotatable bonds is 2. The number of anilines is 1. The first-order valence-electron chi connectivity index (χ1n) is 6.40. The number of aromatic nitrogens is 1. The first kappa shape index (κ1) is 12.9. The highest BCUT2D eigenvalue weighted by atomic mass is 79.9. The number of nitrogens with one attached hydrogen (secondary N) is 1. The van der Waals surface area contributed by atoms with Crippen LogP contribution in [-0.4, -0.2) is 4.98 Å². The molecule has 2 nitrogen and oxygen atoms in total. The molecule has 3 rings (SSSR count). The van der Waals surface area contributed by atoms with Crippen molar-refractivity contribution in [1.82, 2.24) is 4.98 Å². The molecule has 1 N–H and O–H groups in total. The van der Waals surface area contributed by atoms with Gasteiger partial charge in [0.05, 0.1) is 26.9 Å². The molecule has 0 aliphatic heterocycles. The zero-order valence-corrected chi connectivity index (χ0v) is 12.7. The second kappa shape index (κ2) is 5.51. The van der Waals surface area contributed by atoms with Crippen LogP contribution in [0.15, 0.2) is 41.0 Å². The van der Waals surface area contributed by atoms with E-state index in [1.165, 1.54) is 17.7 Å². The van der Waals surface area contributed by atoms with Crippen LogP contribution in [0.5, 0.6) is 0 Å². The van der Waals surface area contributed by atoms with Crippen LogP contribution in [0.1, 0.15) is 30.1 Å². The third-order valence-corrected chi connectivity index (χ3v) is 4.87. The van der Waals surface area contributed by atoms with E-state index in [0.29, 0.717) is 0 Å². The average Bonchev–Trinajstić information content (AvgIpc) is 2.44. The van der Waals surface area contributed by atoms with Crippen LogP contribution in [0.25, 0.3) is 0 Å². The predicted octanol–water partition coefficient (Wildman–Crippen LogP) is 4.99. The molecular weight excluding hydrogens is 324 g/mol. The van der Waals surface area contributed by atoms with Gasteiger partial charge in [-0.1, -0.05) is 23.7 Å². The number of fused-ring (bicyclic) bond motifs is 1. The van der Waals surface area contributed by atoms with E-state index in [1.54, 1.807) is 0 Å². The maximum atomic E-state index is 6.13. The van der Waals surface area contributed by atoms with Gasteiger partial charge in [-0.05, 0) is 59.0 Å². The summed E-state index contributed by atoms with van der Waals surface area (Å²) in [6.45, 7) is 0. The van der Waals surface area contributed by atoms with Crippen molar-refractivity contribution in [1.29, 1.82) is 0 Å². The fourth-order valence-corrected chi connectivity index (χ4v) is 3.11. The fourth-order valence-electron chi connectivity index (χ4n) is 2.55. The average molecular weight is 338 g/mol. The molecule has 1 unspecified atom stereocenters. The summed E-state index contributed by atoms with van der Waals surface area (Å²) in [5, 5.41) is 4.28. The van der Waals surface area contributed by atoms with Gasteiger partial charge in [0.2, 0.25) is 0 Å². The van der Waals surface area contributed by atoms with Crippen molar-refractivity contribution in [2.24, 2.45) is 0 Å². The van der Waals surface area contributed by atoms with Crippen molar-refractivity contribution in [3.8, 4) is 0 Å². The molecule has 98 valence electrons. The Morgan fingerprint density at radius 1 is 1.26 bits per heavy atom. The molecule has 1 aliphatic rings. The van der Waals surface area contributed by atoms with E-state index in [1.807, 2.05) is 30.5 Å². The minimum absolute atomic E-state index is 0.264. The molecule has 1 aromatic heterocycles. The molecule has 0 spiro atoms. The Morgan fingerprint density at radius 3 is 3.05 bits per heavy atom. The Balaban J connectivity index is 1.91. The van der Waals surface area contributed by atoms with Crippen LogP contribution in [0.2, 0.25) is 5.02 Å². The highest BCUT2D eigenvalue weighted by Crippen LogP contribution is 2.35. The van der Waals surface area contributed by atoms with Gasteiger partial charge in [0, 0.05) is 6.20 Å². The summed E-state index contributed by atoms with van der Waals surface area (Å²) in [6, 6.07) is 10.3. The molecule has 0 saturated carbocycles. The molecule has 1 heterocycles. The van der Waals surface area contributed by atoms with E-state index >= 15 is 0 Å². The van der Waals surface area contributed by atoms with E-state index in [-0.39, 0.29) is 6.04 Å². The standard InChI is InChI=1S/C15H14BrClN2/c16-14-11(17)6-2-7-12(14)19-13-8-1-4-10-5-3-9-18-15(10)13/h2-3,5-7,9,13,19H,1,4,8H2. The lowest BCUT2D eigenvalue weighted by molar-refractivity contribution is 0.583. The highest BCUT2D eigenvalue weighted by Gasteiger charge is 2.21. The SMILES string of the molecule is Clc1cccc(NC2CCCc3cccnc32)c1Br. The first-order chi connectivity index (χ1) is 9.25. The monoisotopic (exact) mass is 336 g/mol. The van der Waals surface area contributed by atoms with E-state index in [0.717, 1.165) is 28.0 Å². The number of aryl methyl sites for hydroxylation is 1. The molecule has 4 heteroatoms. The summed E-state index contributed by atoms with van der Waals surface area (Å²) in [5.41, 5.74) is 3.54. The highest BCUT2D eigenvalue weighted by molar-refractivity contribution is 9.10. The summed E-state index contributed by atoms with van der Waals surface area (Å²) < 4.78 is 0.916. The van der Waals surface area contributed by atoms with Gasteiger partial charge in [-0.25, -0.2) is 0 Å². The third kappa shape index (κ3) is 2.63. The smallest absolute Gasteiger partial charge is 0.0688 e. The number of halogens is 2. The zero-order valence-electron chi connectivity index (χ0n) is 10.4. The van der Waals surface area contributed by atoms with E-state index in [9.17, 15) is 0 Å². The number of hydrogen-bond acceptors (Lipinski definition) is 2. The van der Waals surface area contributed by atoms with Gasteiger partial charge >= 0.3 is 0 Å². The molecule has 1 aliphatic carbocycles. The molecule has 1 aromatic carbocycles. The normalized spacial score (nSPS) is 17.9. The van der Waals surface area contributed by atoms with Gasteiger partial charge < -0.3 is 5.32 Å². The van der Waals surface area contributed by atoms with Gasteiger partial charge in [-0.15, -0.1) is 0 Å². The quantitative estimate of drug-likeness (QED) is 0.835. The van der Waals surface area contributed by atoms with Crippen LogP contribution in [0.4, 0.5) is 5.69 Å². The topological polar surface area (TPSA) is 24.9 Å². The molecule has 19 heavy (non-hydrogen) atoms. The van der Waals surface area contributed by atoms with Crippen molar-refractivity contribution >= 4 is 33.2 Å². The van der Waals surface area contributed by atoms with Crippen molar-refractivity contribution < 1.29 is 0 Å². The van der Waals surface area contributed by atoms with Gasteiger partial charge in [-0.2, -0.15) is 0 Å². The summed E-state index contributed by atoms with van der Waals surface area (Å²) in [4.78, 5) is 4.54. The summed E-state index contributed by atoms with van der Waals surface area (Å²) in [6.07, 6.45) is 5.28. The lowest BCUT2D eigenvalue weighted by atomic mass is 9.92. The van der Waals surface area contributed by atoms with Gasteiger partial charge in [-0.3, -0.25) is 4.98 Å². The Kier molecular flexibility index (Phi) is 3.76. The fraction of sp³-hybridized carbons (Fsp3) is 0.267. The molecule has 0 amide bonds. The Bertz CT molecular complexity index is 600. The number of hydrogen-bond donors (Lipinski definition) is 1. The molecule has 2 aromatic rings. The van der Waals surface area contributed by atoms with Crippen molar-refractivity contribution in [2.45, 2.75) is 25.3 Å². The number of nitrogens with zero attached hydrogens (tertiary/aromatic N) is 1. The Hall–Kier alpha value is -1.06. The van der Waals surface area contributed by atoms with Gasteiger partial charge in [0.1, 0.15) is 0 Å². The van der Waals surface area contributed by atoms with Crippen molar-refractivity contribution in [2.75, 3.05) is 5.32 Å². The minimum Gasteiger partial charge on any atom is -0.376 e. The van der Waals surface area contributed by atoms with Crippen LogP contribution in [0, 0.1) is 0 Å². The maximum Gasteiger partial charge on any atom is 0.0688 e. The second-order valence-corrected chi connectivity index (χ2v) is 5.94. The lowest BCUT2D eigenvalue weighted by Gasteiger charge is -2.26. The predicted molar refractivity (Wildman–Crippen MR) is 82.7 cm³/mol. The van der Waals surface area contributed by atoms with Crippen molar-refractivity contribution in [3.63, 3.8) is 0 Å². The third-order valence-electron chi connectivity index (χ3n) is 3.48. The number of pyridine rings is 1. The van der Waals surface area contributed by atoms with E-state index in [4.69, 9.17) is 11.6 Å². The van der Waals surface area contributed by atoms with E-state index < -0.39 is 0 Å². The van der Waals surface area contributed by atoms with Crippen LogP contribution >= 0.6 is 27.5 Å². The van der Waals surface area contributed by atoms with Crippen LogP contribution < -0.4 is 5.32 Å². The second-order valence-electron chi connectivity index (χ2n) is 4.74. The molecule has 0 fully saturated rings. The lowest BCUT2D eigenvalue weighted by Crippen LogP contribution is -2.19. The minimum atomic E-state index is 0.264. The van der Waals surface area contributed by atoms with Crippen molar-refractivity contribution in [3.05, 3.63) is 57.3 Å². The molecule has 1 atom stereocenters. The molecule has 0 radical (unpaired) electrons. The Labute approximate surface area is 126 Å². The summed E-state index contributed by atoms with van der Waals surface area (Å²) >= 11 is 9.66. The number of benzene rings is 1. The maximum absolute atomic E-state index is 6.13. The van der Waals surface area contributed by atoms with Gasteiger partial charge in [0.15, 0.2) is 0 Å². The van der Waals surface area contributed by atoms with Crippen LogP contribution in [-0.2, 0) is 6.42 Å². The van der Waals surface area contributed by atoms with E-state index in [2.05, 4.69) is 32.3 Å². The summed E-state index contributed by atoms with van der Waals surface area (Å²) in [7, 11) is 0. The van der Waals surface area contributed by atoms with Crippen LogP contribution in [0.3, 0.4) is 0 Å². The zero-order chi connectivity index (χ0) is 13.2. The molecule has 0 bridgehead atoms. The summed E-state index contributed by atoms with van der Waals surface area (Å²) in [5.74, 6) is 0.